The van der Waals surface area contributed by atoms with Gasteiger partial charge in [-0.25, -0.2) is 4.79 Å². The number of ether oxygens (including phenoxy) is 4. The minimum Gasteiger partial charge on any atom is -0.472 e. The molecule has 9 atom stereocenters. The number of esters is 2. The van der Waals surface area contributed by atoms with E-state index in [9.17, 15) is 14.8 Å². The lowest BCUT2D eigenvalue weighted by molar-refractivity contribution is -0.209. The summed E-state index contributed by atoms with van der Waals surface area (Å²) >= 11 is 0. The lowest BCUT2D eigenvalue weighted by Gasteiger charge is -2.65. The van der Waals surface area contributed by atoms with Gasteiger partial charge in [0, 0.05) is 27.7 Å². The number of cyclic esters (lactones) is 2. The van der Waals surface area contributed by atoms with Gasteiger partial charge in [0.2, 0.25) is 0 Å². The number of fused-ring (bicyclic) bond motifs is 1. The van der Waals surface area contributed by atoms with Crippen LogP contribution < -0.4 is 0 Å². The number of hydrogen-bond donors (Lipinski definition) is 1. The lowest BCUT2D eigenvalue weighted by atomic mass is 9.37. The monoisotopic (exact) mass is 485 g/mol. The van der Waals surface area contributed by atoms with Crippen molar-refractivity contribution in [1.82, 2.24) is 0 Å². The number of oxime groups is 1. The molecular formula is C26H31NO8. The number of nitrogens with zero attached hydrogens (tertiary/aromatic N) is 1. The highest BCUT2D eigenvalue weighted by molar-refractivity contribution is 5.96. The summed E-state index contributed by atoms with van der Waals surface area (Å²) in [6.45, 7) is 8.56. The molecule has 188 valence electrons. The first-order valence-electron chi connectivity index (χ1n) is 12.5. The minimum atomic E-state index is -0.916. The Morgan fingerprint density at radius 2 is 1.86 bits per heavy atom. The fourth-order valence-corrected chi connectivity index (χ4v) is 9.51. The van der Waals surface area contributed by atoms with E-state index in [1.54, 1.807) is 12.5 Å². The van der Waals surface area contributed by atoms with E-state index in [2.05, 4.69) is 32.9 Å². The SMILES string of the molecule is CC1(C)OC2CC(=O)OC[C@@]23C1C/C(=N\O)[C@]1(C)[C@@H]3CC[C@@]2(C)[C@H](c3ccoc3)OC(=O)[C@H]3O[C@]321. The van der Waals surface area contributed by atoms with Crippen LogP contribution in [0.25, 0.3) is 0 Å². The van der Waals surface area contributed by atoms with Crippen molar-refractivity contribution in [1.29, 1.82) is 0 Å². The zero-order valence-corrected chi connectivity index (χ0v) is 20.4. The van der Waals surface area contributed by atoms with Gasteiger partial charge in [0.1, 0.15) is 18.3 Å². The zero-order valence-electron chi connectivity index (χ0n) is 20.4. The Morgan fingerprint density at radius 3 is 2.57 bits per heavy atom. The fraction of sp³-hybridized carbons (Fsp3) is 0.731. The number of furan rings is 1. The molecule has 9 heteroatoms. The van der Waals surface area contributed by atoms with Crippen molar-refractivity contribution in [2.75, 3.05) is 6.61 Å². The quantitative estimate of drug-likeness (QED) is 0.278. The predicted octanol–water partition coefficient (Wildman–Crippen LogP) is 3.40. The molecule has 4 aliphatic heterocycles. The number of carbonyl (C=O) groups excluding carboxylic acids is 2. The highest BCUT2D eigenvalue weighted by Crippen LogP contribution is 2.79. The van der Waals surface area contributed by atoms with Crippen LogP contribution in [0.4, 0.5) is 0 Å². The van der Waals surface area contributed by atoms with Gasteiger partial charge in [-0.15, -0.1) is 0 Å². The predicted molar refractivity (Wildman–Crippen MR) is 118 cm³/mol. The molecule has 9 nitrogen and oxygen atoms in total. The van der Waals surface area contributed by atoms with Crippen LogP contribution in [-0.2, 0) is 28.5 Å². The maximum absolute atomic E-state index is 13.2. The van der Waals surface area contributed by atoms with Crippen LogP contribution in [0.1, 0.15) is 65.0 Å². The Bertz CT molecular complexity index is 1160. The first-order chi connectivity index (χ1) is 16.6. The van der Waals surface area contributed by atoms with Gasteiger partial charge in [0.15, 0.2) is 6.10 Å². The molecule has 0 aromatic carbocycles. The molecule has 1 N–H and O–H groups in total. The molecule has 2 unspecified atom stereocenters. The van der Waals surface area contributed by atoms with Gasteiger partial charge < -0.3 is 28.6 Å². The molecule has 5 heterocycles. The summed E-state index contributed by atoms with van der Waals surface area (Å²) in [6.07, 6.45) is 3.78. The third-order valence-electron chi connectivity index (χ3n) is 10.9. The summed E-state index contributed by atoms with van der Waals surface area (Å²) in [6, 6.07) is 1.83. The van der Waals surface area contributed by atoms with Crippen molar-refractivity contribution in [2.45, 2.75) is 82.9 Å². The van der Waals surface area contributed by atoms with Crippen LogP contribution >= 0.6 is 0 Å². The van der Waals surface area contributed by atoms with E-state index in [0.29, 0.717) is 12.1 Å². The van der Waals surface area contributed by atoms with Crippen LogP contribution in [0, 0.1) is 28.1 Å². The van der Waals surface area contributed by atoms with Gasteiger partial charge in [0.25, 0.3) is 0 Å². The first-order valence-corrected chi connectivity index (χ1v) is 12.5. The normalized spacial score (nSPS) is 52.3. The van der Waals surface area contributed by atoms with Crippen molar-refractivity contribution in [3.8, 4) is 0 Å². The number of carbonyl (C=O) groups is 2. The highest BCUT2D eigenvalue weighted by Gasteiger charge is 2.89. The van der Waals surface area contributed by atoms with Gasteiger partial charge in [-0.3, -0.25) is 4.79 Å². The van der Waals surface area contributed by atoms with Crippen LogP contribution in [-0.4, -0.2) is 52.9 Å². The van der Waals surface area contributed by atoms with Crippen molar-refractivity contribution in [3.63, 3.8) is 0 Å². The van der Waals surface area contributed by atoms with E-state index >= 15 is 0 Å². The number of rotatable bonds is 1. The second-order valence-corrected chi connectivity index (χ2v) is 12.3. The van der Waals surface area contributed by atoms with Crippen LogP contribution in [0.5, 0.6) is 0 Å². The van der Waals surface area contributed by atoms with Crippen molar-refractivity contribution < 1.29 is 38.2 Å². The maximum Gasteiger partial charge on any atom is 0.339 e. The van der Waals surface area contributed by atoms with Gasteiger partial charge >= 0.3 is 11.9 Å². The highest BCUT2D eigenvalue weighted by atomic mass is 16.7. The van der Waals surface area contributed by atoms with Crippen LogP contribution in [0.15, 0.2) is 28.2 Å². The summed E-state index contributed by atoms with van der Waals surface area (Å²) < 4.78 is 30.1. The van der Waals surface area contributed by atoms with Gasteiger partial charge in [-0.2, -0.15) is 0 Å². The summed E-state index contributed by atoms with van der Waals surface area (Å²) in [4.78, 5) is 25.6. The topological polar surface area (TPSA) is 120 Å². The molecule has 2 aliphatic carbocycles. The van der Waals surface area contributed by atoms with Gasteiger partial charge in [-0.1, -0.05) is 19.0 Å². The van der Waals surface area contributed by atoms with Crippen molar-refractivity contribution >= 4 is 17.7 Å². The van der Waals surface area contributed by atoms with E-state index in [4.69, 9.17) is 23.4 Å². The standard InChI is InChI=1S/C26H31NO8/c1-22(2)15-9-16(27-30)24(4)14(25(15)12-32-18(28)10-17(25)34-22)5-7-23(3)19(13-6-8-31-11-13)33-21(29)20-26(23,24)35-20/h6,8,11,14-15,17,19-20,30H,5,7,9-10,12H2,1-4H3/b27-16+/t14-,15?,17?,19-,20+,23-,24-,25+,26+/m0/s1. The van der Waals surface area contributed by atoms with Gasteiger partial charge in [0.05, 0.1) is 36.4 Å². The zero-order chi connectivity index (χ0) is 24.6. The summed E-state index contributed by atoms with van der Waals surface area (Å²) in [5.74, 6) is -0.730. The molecule has 1 aromatic rings. The minimum absolute atomic E-state index is 0.00440. The van der Waals surface area contributed by atoms with Crippen molar-refractivity contribution in [2.24, 2.45) is 33.2 Å². The summed E-state index contributed by atoms with van der Waals surface area (Å²) in [5.41, 5.74) is -1.84. The third kappa shape index (κ3) is 2.19. The Kier molecular flexibility index (Phi) is 3.93. The Labute approximate surface area is 203 Å². The first kappa shape index (κ1) is 21.9. The van der Waals surface area contributed by atoms with Crippen LogP contribution in [0.2, 0.25) is 0 Å². The third-order valence-corrected chi connectivity index (χ3v) is 10.9. The molecule has 6 aliphatic rings. The smallest absolute Gasteiger partial charge is 0.339 e. The van der Waals surface area contributed by atoms with E-state index < -0.39 is 45.6 Å². The van der Waals surface area contributed by atoms with E-state index in [0.717, 1.165) is 18.4 Å². The molecule has 0 radical (unpaired) electrons. The summed E-state index contributed by atoms with van der Waals surface area (Å²) in [5, 5.41) is 14.3. The second-order valence-electron chi connectivity index (χ2n) is 12.3. The Balaban J connectivity index is 1.43. The fourth-order valence-electron chi connectivity index (χ4n) is 9.51. The van der Waals surface area contributed by atoms with Gasteiger partial charge in [-0.05, 0) is 45.1 Å². The van der Waals surface area contributed by atoms with Crippen molar-refractivity contribution in [3.05, 3.63) is 24.2 Å². The molecule has 7 rings (SSSR count). The van der Waals surface area contributed by atoms with E-state index in [-0.39, 0.29) is 36.9 Å². The van der Waals surface area contributed by atoms with Crippen LogP contribution in [0.3, 0.4) is 0 Å². The Hall–Kier alpha value is -2.39. The molecule has 35 heavy (non-hydrogen) atoms. The molecule has 2 saturated carbocycles. The average molecular weight is 486 g/mol. The Morgan fingerprint density at radius 1 is 1.06 bits per heavy atom. The largest absolute Gasteiger partial charge is 0.472 e. The van der Waals surface area contributed by atoms with E-state index in [1.807, 2.05) is 6.07 Å². The summed E-state index contributed by atoms with van der Waals surface area (Å²) in [7, 11) is 0. The van der Waals surface area contributed by atoms with E-state index in [1.165, 1.54) is 0 Å². The molecule has 1 aromatic heterocycles. The molecule has 0 bridgehead atoms. The molecule has 0 amide bonds. The number of epoxide rings is 1. The number of hydrogen-bond acceptors (Lipinski definition) is 9. The lowest BCUT2D eigenvalue weighted by Crippen LogP contribution is -2.72. The maximum atomic E-state index is 13.2. The molecular weight excluding hydrogens is 454 g/mol. The second kappa shape index (κ2) is 6.29. The molecule has 2 spiro atoms. The average Bonchev–Trinajstić information content (AvgIpc) is 3.29. The molecule has 4 saturated heterocycles. The molecule has 6 fully saturated rings.